The monoisotopic (exact) mass is 260 g/mol. The zero-order valence-corrected chi connectivity index (χ0v) is 11.6. The van der Waals surface area contributed by atoms with Crippen molar-refractivity contribution in [2.24, 2.45) is 11.3 Å². The van der Waals surface area contributed by atoms with Gasteiger partial charge < -0.3 is 10.6 Å². The van der Waals surface area contributed by atoms with Gasteiger partial charge in [0.2, 0.25) is 0 Å². The summed E-state index contributed by atoms with van der Waals surface area (Å²) in [6, 6.07) is 6.69. The van der Waals surface area contributed by atoms with Crippen LogP contribution in [0.1, 0.15) is 37.6 Å². The minimum absolute atomic E-state index is 0.0203. The largest absolute Gasteiger partial charge is 0.338 e. The quantitative estimate of drug-likeness (QED) is 0.817. The van der Waals surface area contributed by atoms with Crippen LogP contribution in [0.4, 0.5) is 10.5 Å². The number of anilines is 1. The van der Waals surface area contributed by atoms with E-state index < -0.39 is 0 Å². The Balaban J connectivity index is 1.80. The highest BCUT2D eigenvalue weighted by Crippen LogP contribution is 2.50. The number of carbonyl (C=O) groups excluding carboxylic acids is 2. The first-order valence-corrected chi connectivity index (χ1v) is 6.54. The van der Waals surface area contributed by atoms with Crippen molar-refractivity contribution in [2.75, 3.05) is 11.9 Å². The van der Waals surface area contributed by atoms with Crippen molar-refractivity contribution < 1.29 is 9.59 Å². The highest BCUT2D eigenvalue weighted by molar-refractivity contribution is 5.95. The molecule has 1 aliphatic carbocycles. The average Bonchev–Trinajstić information content (AvgIpc) is 2.95. The summed E-state index contributed by atoms with van der Waals surface area (Å²) in [6.45, 7) is 6.65. The summed E-state index contributed by atoms with van der Waals surface area (Å²) in [6.07, 6.45) is 1.17. The number of rotatable bonds is 4. The molecule has 0 spiro atoms. The Morgan fingerprint density at radius 2 is 1.84 bits per heavy atom. The maximum absolute atomic E-state index is 11.7. The van der Waals surface area contributed by atoms with Gasteiger partial charge in [0, 0.05) is 17.8 Å². The van der Waals surface area contributed by atoms with Gasteiger partial charge in [0.15, 0.2) is 5.78 Å². The molecule has 1 fully saturated rings. The van der Waals surface area contributed by atoms with E-state index in [0.29, 0.717) is 29.1 Å². The summed E-state index contributed by atoms with van der Waals surface area (Å²) < 4.78 is 0. The highest BCUT2D eigenvalue weighted by Gasteiger charge is 2.45. The van der Waals surface area contributed by atoms with E-state index >= 15 is 0 Å². The van der Waals surface area contributed by atoms with Crippen molar-refractivity contribution in [2.45, 2.75) is 27.2 Å². The Bertz CT molecular complexity index is 491. The van der Waals surface area contributed by atoms with Crippen molar-refractivity contribution in [1.82, 2.24) is 5.32 Å². The predicted octanol–water partition coefficient (Wildman–Crippen LogP) is 3.06. The minimum Gasteiger partial charge on any atom is -0.338 e. The van der Waals surface area contributed by atoms with Gasteiger partial charge >= 0.3 is 6.03 Å². The molecule has 1 aromatic rings. The van der Waals surface area contributed by atoms with Crippen molar-refractivity contribution in [3.8, 4) is 0 Å². The summed E-state index contributed by atoms with van der Waals surface area (Å²) in [5, 5.41) is 5.63. The number of nitrogens with one attached hydrogen (secondary N) is 2. The van der Waals surface area contributed by atoms with E-state index in [-0.39, 0.29) is 11.8 Å². The summed E-state index contributed by atoms with van der Waals surface area (Å²) in [5.74, 6) is 0.602. The third-order valence-corrected chi connectivity index (χ3v) is 3.78. The van der Waals surface area contributed by atoms with Crippen LogP contribution in [0.3, 0.4) is 0 Å². The summed E-state index contributed by atoms with van der Waals surface area (Å²) >= 11 is 0. The fourth-order valence-corrected chi connectivity index (χ4v) is 2.10. The van der Waals surface area contributed by atoms with E-state index in [1.54, 1.807) is 24.3 Å². The number of benzene rings is 1. The molecular formula is C15H20N2O2. The molecule has 0 saturated heterocycles. The molecule has 0 radical (unpaired) electrons. The van der Waals surface area contributed by atoms with Crippen LogP contribution < -0.4 is 10.6 Å². The molecule has 4 nitrogen and oxygen atoms in total. The number of urea groups is 1. The average molecular weight is 260 g/mol. The standard InChI is InChI=1S/C15H20N2O2/c1-10(18)11-4-6-13(7-5-11)17-14(19)16-9-12-8-15(12,2)3/h4-7,12H,8-9H2,1-3H3,(H2,16,17,19). The van der Waals surface area contributed by atoms with Crippen LogP contribution in [0.15, 0.2) is 24.3 Å². The lowest BCUT2D eigenvalue weighted by Crippen LogP contribution is -2.31. The second-order valence-corrected chi connectivity index (χ2v) is 5.86. The highest BCUT2D eigenvalue weighted by atomic mass is 16.2. The molecule has 2 N–H and O–H groups in total. The first kappa shape index (κ1) is 13.6. The maximum Gasteiger partial charge on any atom is 0.319 e. The van der Waals surface area contributed by atoms with Crippen molar-refractivity contribution in [3.63, 3.8) is 0 Å². The van der Waals surface area contributed by atoms with E-state index in [1.807, 2.05) is 0 Å². The Hall–Kier alpha value is -1.84. The molecule has 102 valence electrons. The smallest absolute Gasteiger partial charge is 0.319 e. The third kappa shape index (κ3) is 3.56. The zero-order chi connectivity index (χ0) is 14.0. The summed E-state index contributed by atoms with van der Waals surface area (Å²) in [4.78, 5) is 22.8. The van der Waals surface area contributed by atoms with Gasteiger partial charge in [-0.3, -0.25) is 4.79 Å². The van der Waals surface area contributed by atoms with E-state index in [2.05, 4.69) is 24.5 Å². The van der Waals surface area contributed by atoms with Crippen LogP contribution in [0.2, 0.25) is 0 Å². The first-order valence-electron chi connectivity index (χ1n) is 6.54. The van der Waals surface area contributed by atoms with Crippen LogP contribution >= 0.6 is 0 Å². The number of hydrogen-bond acceptors (Lipinski definition) is 2. The van der Waals surface area contributed by atoms with Crippen LogP contribution in [0.5, 0.6) is 0 Å². The zero-order valence-electron chi connectivity index (χ0n) is 11.6. The molecular weight excluding hydrogens is 240 g/mol. The minimum atomic E-state index is -0.196. The molecule has 19 heavy (non-hydrogen) atoms. The van der Waals surface area contributed by atoms with Crippen molar-refractivity contribution in [3.05, 3.63) is 29.8 Å². The Morgan fingerprint density at radius 1 is 1.26 bits per heavy atom. The lowest BCUT2D eigenvalue weighted by molar-refractivity contribution is 0.101. The van der Waals surface area contributed by atoms with Crippen molar-refractivity contribution >= 4 is 17.5 Å². The van der Waals surface area contributed by atoms with Crippen LogP contribution in [-0.4, -0.2) is 18.4 Å². The number of amides is 2. The molecule has 1 aromatic carbocycles. The van der Waals surface area contributed by atoms with Crippen molar-refractivity contribution in [1.29, 1.82) is 0 Å². The van der Waals surface area contributed by atoms with Gasteiger partial charge in [-0.2, -0.15) is 0 Å². The summed E-state index contributed by atoms with van der Waals surface area (Å²) in [5.41, 5.74) is 1.71. The molecule has 0 heterocycles. The Kier molecular flexibility index (Phi) is 3.60. The lowest BCUT2D eigenvalue weighted by atomic mass is 10.1. The number of hydrogen-bond donors (Lipinski definition) is 2. The number of carbonyl (C=O) groups is 2. The maximum atomic E-state index is 11.7. The second kappa shape index (κ2) is 5.03. The molecule has 0 bridgehead atoms. The van der Waals surface area contributed by atoms with Crippen LogP contribution in [-0.2, 0) is 0 Å². The fraction of sp³-hybridized carbons (Fsp3) is 0.467. The van der Waals surface area contributed by atoms with Gasteiger partial charge in [0.1, 0.15) is 0 Å². The first-order chi connectivity index (χ1) is 8.88. The molecule has 1 atom stereocenters. The van der Waals surface area contributed by atoms with E-state index in [0.717, 1.165) is 0 Å². The number of ketones is 1. The Labute approximate surface area is 113 Å². The van der Waals surface area contributed by atoms with Gasteiger partial charge in [-0.1, -0.05) is 13.8 Å². The van der Waals surface area contributed by atoms with Crippen LogP contribution in [0, 0.1) is 11.3 Å². The molecule has 2 rings (SSSR count). The van der Waals surface area contributed by atoms with E-state index in [9.17, 15) is 9.59 Å². The van der Waals surface area contributed by atoms with Gasteiger partial charge in [-0.05, 0) is 48.9 Å². The summed E-state index contributed by atoms with van der Waals surface area (Å²) in [7, 11) is 0. The topological polar surface area (TPSA) is 58.2 Å². The predicted molar refractivity (Wildman–Crippen MR) is 75.4 cm³/mol. The second-order valence-electron chi connectivity index (χ2n) is 5.86. The lowest BCUT2D eigenvalue weighted by Gasteiger charge is -2.08. The molecule has 4 heteroatoms. The normalized spacial score (nSPS) is 19.6. The Morgan fingerprint density at radius 3 is 2.32 bits per heavy atom. The number of Topliss-reactive ketones (excluding diaryl/α,β-unsaturated/α-hetero) is 1. The van der Waals surface area contributed by atoms with E-state index in [1.165, 1.54) is 13.3 Å². The van der Waals surface area contributed by atoms with Crippen LogP contribution in [0.25, 0.3) is 0 Å². The van der Waals surface area contributed by atoms with Gasteiger partial charge in [0.05, 0.1) is 0 Å². The van der Waals surface area contributed by atoms with E-state index in [4.69, 9.17) is 0 Å². The van der Waals surface area contributed by atoms with Gasteiger partial charge in [-0.25, -0.2) is 4.79 Å². The molecule has 1 unspecified atom stereocenters. The molecule has 0 aromatic heterocycles. The van der Waals surface area contributed by atoms with Gasteiger partial charge in [0.25, 0.3) is 0 Å². The molecule has 2 amide bonds. The third-order valence-electron chi connectivity index (χ3n) is 3.78. The molecule has 1 saturated carbocycles. The molecule has 0 aliphatic heterocycles. The molecule has 1 aliphatic rings. The van der Waals surface area contributed by atoms with Gasteiger partial charge in [-0.15, -0.1) is 0 Å². The SMILES string of the molecule is CC(=O)c1ccc(NC(=O)NCC2CC2(C)C)cc1. The fourth-order valence-electron chi connectivity index (χ4n) is 2.10.